The summed E-state index contributed by atoms with van der Waals surface area (Å²) in [5.41, 5.74) is -0.0685. The minimum absolute atomic E-state index is 0.0902. The van der Waals surface area contributed by atoms with Gasteiger partial charge in [-0.2, -0.15) is 0 Å². The lowest BCUT2D eigenvalue weighted by Gasteiger charge is -2.37. The molecule has 8 nitrogen and oxygen atoms in total. The highest BCUT2D eigenvalue weighted by molar-refractivity contribution is 7.89. The Morgan fingerprint density at radius 2 is 1.96 bits per heavy atom. The van der Waals surface area contributed by atoms with Crippen molar-refractivity contribution < 1.29 is 23.0 Å². The highest BCUT2D eigenvalue weighted by Gasteiger charge is 2.33. The number of nitrogens with zero attached hydrogens (tertiary/aromatic N) is 1. The van der Waals surface area contributed by atoms with Gasteiger partial charge in [-0.3, -0.25) is 10.1 Å². The number of ether oxygens (including phenoxy) is 1. The molecule has 0 bridgehead atoms. The van der Waals surface area contributed by atoms with Gasteiger partial charge in [-0.05, 0) is 26.8 Å². The molecule has 0 unspecified atom stereocenters. The molecule has 1 aliphatic rings. The second-order valence-corrected chi connectivity index (χ2v) is 8.40. The fourth-order valence-corrected chi connectivity index (χ4v) is 3.96. The van der Waals surface area contributed by atoms with Crippen LogP contribution in [0.4, 0.5) is 5.69 Å². The van der Waals surface area contributed by atoms with Crippen LogP contribution in [0.25, 0.3) is 0 Å². The van der Waals surface area contributed by atoms with Crippen LogP contribution >= 0.6 is 0 Å². The Morgan fingerprint density at radius 1 is 1.33 bits per heavy atom. The van der Waals surface area contributed by atoms with Crippen molar-refractivity contribution in [2.75, 3.05) is 32.8 Å². The molecule has 0 radical (unpaired) electrons. The van der Waals surface area contributed by atoms with Gasteiger partial charge in [0.2, 0.25) is 10.0 Å². The van der Waals surface area contributed by atoms with Gasteiger partial charge < -0.3 is 9.64 Å². The van der Waals surface area contributed by atoms with Crippen molar-refractivity contribution in [3.05, 3.63) is 33.9 Å². The predicted octanol–water partition coefficient (Wildman–Crippen LogP) is -0.125. The van der Waals surface area contributed by atoms with E-state index in [1.165, 1.54) is 17.0 Å². The first-order valence-corrected chi connectivity index (χ1v) is 9.29. The van der Waals surface area contributed by atoms with Gasteiger partial charge in [0.15, 0.2) is 0 Å². The zero-order valence-electron chi connectivity index (χ0n) is 14.2. The summed E-state index contributed by atoms with van der Waals surface area (Å²) in [7, 11) is -3.80. The molecule has 0 aromatic heterocycles. The van der Waals surface area contributed by atoms with E-state index in [1.807, 2.05) is 13.8 Å². The average Bonchev–Trinajstić information content (AvgIpc) is 2.54. The second kappa shape index (κ2) is 7.14. The SMILES string of the molecule is Cc1ccc(S(=O)(=O)NCC(C)(C)[NH+]2CCOCC2)cc1[N+](=O)[O-]. The number of morpholine rings is 1. The molecule has 0 aliphatic carbocycles. The van der Waals surface area contributed by atoms with Gasteiger partial charge in [-0.15, -0.1) is 0 Å². The smallest absolute Gasteiger partial charge is 0.273 e. The summed E-state index contributed by atoms with van der Waals surface area (Å²) >= 11 is 0. The number of benzene rings is 1. The summed E-state index contributed by atoms with van der Waals surface area (Å²) in [6, 6.07) is 3.94. The summed E-state index contributed by atoms with van der Waals surface area (Å²) in [6.07, 6.45) is 0. The molecule has 1 fully saturated rings. The lowest BCUT2D eigenvalue weighted by molar-refractivity contribution is -0.954. The average molecular weight is 358 g/mol. The third kappa shape index (κ3) is 4.29. The lowest BCUT2D eigenvalue weighted by Crippen LogP contribution is -3.22. The molecule has 1 aromatic rings. The van der Waals surface area contributed by atoms with Crippen LogP contribution in [0.1, 0.15) is 19.4 Å². The molecule has 2 N–H and O–H groups in total. The molecular formula is C15H24N3O5S+. The van der Waals surface area contributed by atoms with E-state index in [2.05, 4.69) is 4.72 Å². The minimum atomic E-state index is -3.80. The Labute approximate surface area is 142 Å². The van der Waals surface area contributed by atoms with Gasteiger partial charge >= 0.3 is 0 Å². The van der Waals surface area contributed by atoms with E-state index in [1.54, 1.807) is 6.92 Å². The van der Waals surface area contributed by atoms with Crippen molar-refractivity contribution in [2.45, 2.75) is 31.2 Å². The molecule has 134 valence electrons. The van der Waals surface area contributed by atoms with Crippen molar-refractivity contribution >= 4 is 15.7 Å². The zero-order chi connectivity index (χ0) is 18.0. The molecular weight excluding hydrogens is 334 g/mol. The molecule has 0 atom stereocenters. The normalized spacial score (nSPS) is 17.0. The van der Waals surface area contributed by atoms with Crippen LogP contribution < -0.4 is 9.62 Å². The van der Waals surface area contributed by atoms with E-state index in [0.29, 0.717) is 18.8 Å². The number of rotatable bonds is 6. The predicted molar refractivity (Wildman–Crippen MR) is 88.6 cm³/mol. The third-order valence-electron chi connectivity index (χ3n) is 4.45. The minimum Gasteiger partial charge on any atom is -0.370 e. The monoisotopic (exact) mass is 358 g/mol. The number of hydrogen-bond acceptors (Lipinski definition) is 5. The number of aryl methyl sites for hydroxylation is 1. The molecule has 0 saturated carbocycles. The first-order valence-electron chi connectivity index (χ1n) is 7.81. The van der Waals surface area contributed by atoms with Crippen molar-refractivity contribution in [3.8, 4) is 0 Å². The molecule has 9 heteroatoms. The maximum atomic E-state index is 12.5. The summed E-state index contributed by atoms with van der Waals surface area (Å²) < 4.78 is 32.9. The standard InChI is InChI=1S/C15H23N3O5S/c1-12-4-5-13(10-14(12)18(19)20)24(21,22)16-11-15(2,3)17-6-8-23-9-7-17/h4-5,10,16H,6-9,11H2,1-3H3/p+1. The van der Waals surface area contributed by atoms with Gasteiger partial charge in [0, 0.05) is 11.6 Å². The summed E-state index contributed by atoms with van der Waals surface area (Å²) in [5.74, 6) is 0. The molecule has 1 saturated heterocycles. The summed E-state index contributed by atoms with van der Waals surface area (Å²) in [4.78, 5) is 11.6. The Balaban J connectivity index is 2.13. The number of quaternary nitrogens is 1. The zero-order valence-corrected chi connectivity index (χ0v) is 15.0. The highest BCUT2D eigenvalue weighted by Crippen LogP contribution is 2.22. The van der Waals surface area contributed by atoms with Gasteiger partial charge in [-0.25, -0.2) is 13.1 Å². The summed E-state index contributed by atoms with van der Waals surface area (Å²) in [5, 5.41) is 11.0. The number of nitro benzene ring substituents is 1. The summed E-state index contributed by atoms with van der Waals surface area (Å²) in [6.45, 7) is 8.78. The second-order valence-electron chi connectivity index (χ2n) is 6.63. The number of nitro groups is 1. The fraction of sp³-hybridized carbons (Fsp3) is 0.600. The molecule has 1 aromatic carbocycles. The molecule has 2 rings (SSSR count). The van der Waals surface area contributed by atoms with E-state index >= 15 is 0 Å². The van der Waals surface area contributed by atoms with Crippen LogP contribution in [-0.2, 0) is 14.8 Å². The van der Waals surface area contributed by atoms with Gasteiger partial charge in [-0.1, -0.05) is 6.07 Å². The Hall–Kier alpha value is -1.55. The third-order valence-corrected chi connectivity index (χ3v) is 5.84. The number of hydrogen-bond donors (Lipinski definition) is 2. The van der Waals surface area contributed by atoms with Gasteiger partial charge in [0.25, 0.3) is 5.69 Å². The fourth-order valence-electron chi connectivity index (χ4n) is 2.73. The number of nitrogens with one attached hydrogen (secondary N) is 2. The van der Waals surface area contributed by atoms with E-state index in [4.69, 9.17) is 4.74 Å². The van der Waals surface area contributed by atoms with Crippen LogP contribution in [0.2, 0.25) is 0 Å². The maximum absolute atomic E-state index is 12.5. The molecule has 0 amide bonds. The van der Waals surface area contributed by atoms with Crippen molar-refractivity contribution in [1.29, 1.82) is 0 Å². The van der Waals surface area contributed by atoms with Crippen LogP contribution in [-0.4, -0.2) is 51.7 Å². The lowest BCUT2D eigenvalue weighted by atomic mass is 10.0. The quantitative estimate of drug-likeness (QED) is 0.545. The largest absolute Gasteiger partial charge is 0.370 e. The van der Waals surface area contributed by atoms with Crippen LogP contribution in [0.15, 0.2) is 23.1 Å². The Morgan fingerprint density at radius 3 is 2.54 bits per heavy atom. The first-order chi connectivity index (χ1) is 11.1. The maximum Gasteiger partial charge on any atom is 0.273 e. The van der Waals surface area contributed by atoms with Crippen molar-refractivity contribution in [1.82, 2.24) is 4.72 Å². The van der Waals surface area contributed by atoms with Crippen LogP contribution in [0.5, 0.6) is 0 Å². The topological polar surface area (TPSA) is 103 Å². The van der Waals surface area contributed by atoms with Crippen LogP contribution in [0.3, 0.4) is 0 Å². The van der Waals surface area contributed by atoms with Gasteiger partial charge in [0.05, 0.1) is 29.6 Å². The van der Waals surface area contributed by atoms with Crippen molar-refractivity contribution in [3.63, 3.8) is 0 Å². The van der Waals surface area contributed by atoms with Crippen molar-refractivity contribution in [2.24, 2.45) is 0 Å². The number of sulfonamides is 1. The molecule has 1 heterocycles. The van der Waals surface area contributed by atoms with Gasteiger partial charge in [0.1, 0.15) is 18.6 Å². The molecule has 24 heavy (non-hydrogen) atoms. The first kappa shape index (κ1) is 18.8. The van der Waals surface area contributed by atoms with Crippen LogP contribution in [0, 0.1) is 17.0 Å². The van der Waals surface area contributed by atoms with E-state index < -0.39 is 14.9 Å². The highest BCUT2D eigenvalue weighted by atomic mass is 32.2. The van der Waals surface area contributed by atoms with E-state index in [9.17, 15) is 18.5 Å². The van der Waals surface area contributed by atoms with E-state index in [0.717, 1.165) is 19.2 Å². The molecule has 0 spiro atoms. The Bertz CT molecular complexity index is 712. The van der Waals surface area contributed by atoms with E-state index in [-0.39, 0.29) is 22.7 Å². The Kier molecular flexibility index (Phi) is 5.59. The molecule has 1 aliphatic heterocycles.